The second kappa shape index (κ2) is 13.0. The fourth-order valence-corrected chi connectivity index (χ4v) is 6.47. The minimum atomic E-state index is -4.29. The van der Waals surface area contributed by atoms with Crippen LogP contribution in [-0.2, 0) is 28.2 Å². The molecule has 0 amide bonds. The number of ether oxygens (including phenoxy) is 3. The standard InChI is InChI=1S/C22H35IN7O10P/c1-7-9(2)39-18(34)11(4)29-41(36,28-10(3)17(32)33)38-8-12-14(31)22(5,35)19(40-12)30-15-13(25-20(30)23)16(37-6)27-21(24)26-15/h9-12,14,19,31,35H,7-8H2,1-6H3,(H,32,33)(H2,24,26,27)(H2,28,29,36)/t9?,10-,11-,12+,14+,19+,22+,41?/m0/s1. The number of anilines is 1. The molecule has 8 atom stereocenters. The Balaban J connectivity index is 1.87. The van der Waals surface area contributed by atoms with E-state index in [1.165, 1.54) is 32.4 Å². The summed E-state index contributed by atoms with van der Waals surface area (Å²) in [6, 6.07) is -2.51. The Labute approximate surface area is 249 Å². The number of nitrogens with zero attached hydrogens (tertiary/aromatic N) is 4. The number of aliphatic carboxylic acids is 1. The highest BCUT2D eigenvalue weighted by molar-refractivity contribution is 14.1. The zero-order valence-electron chi connectivity index (χ0n) is 23.3. The third-order valence-electron chi connectivity index (χ3n) is 6.43. The number of nitrogens with two attached hydrogens (primary N) is 1. The van der Waals surface area contributed by atoms with E-state index in [4.69, 9.17) is 24.5 Å². The lowest BCUT2D eigenvalue weighted by atomic mass is 9.96. The summed E-state index contributed by atoms with van der Waals surface area (Å²) in [4.78, 5) is 36.5. The van der Waals surface area contributed by atoms with E-state index in [1.807, 2.05) is 29.5 Å². The summed E-state index contributed by atoms with van der Waals surface area (Å²) >= 11 is 1.88. The predicted molar refractivity (Wildman–Crippen MR) is 152 cm³/mol. The number of carbonyl (C=O) groups excluding carboxylic acids is 1. The predicted octanol–water partition coefficient (Wildman–Crippen LogP) is 0.538. The number of nitrogens with one attached hydrogen (secondary N) is 2. The molecular weight excluding hydrogens is 680 g/mol. The van der Waals surface area contributed by atoms with Crippen LogP contribution in [0, 0.1) is 3.83 Å². The largest absolute Gasteiger partial charge is 0.480 e. The number of hydrogen-bond acceptors (Lipinski definition) is 13. The molecule has 0 aromatic carbocycles. The smallest absolute Gasteiger partial charge is 0.342 e. The lowest BCUT2D eigenvalue weighted by molar-refractivity contribution is -0.150. The van der Waals surface area contributed by atoms with Crippen molar-refractivity contribution >= 4 is 59.3 Å². The molecule has 1 saturated heterocycles. The molecule has 19 heteroatoms. The number of aromatic nitrogens is 4. The summed E-state index contributed by atoms with van der Waals surface area (Å²) in [7, 11) is -2.91. The number of carboxylic acid groups (broad SMARTS) is 1. The van der Waals surface area contributed by atoms with Crippen LogP contribution >= 0.6 is 30.3 Å². The summed E-state index contributed by atoms with van der Waals surface area (Å²) in [5.41, 5.74) is 4.27. The topological polar surface area (TPSA) is 242 Å². The first-order chi connectivity index (χ1) is 19.0. The number of esters is 1. The Kier molecular flexibility index (Phi) is 10.6. The van der Waals surface area contributed by atoms with Gasteiger partial charge in [-0.3, -0.25) is 18.7 Å². The van der Waals surface area contributed by atoms with Crippen LogP contribution in [0.25, 0.3) is 11.2 Å². The summed E-state index contributed by atoms with van der Waals surface area (Å²) in [6.45, 7) is 6.85. The maximum Gasteiger partial charge on any atom is 0.342 e. The number of rotatable bonds is 13. The molecule has 17 nitrogen and oxygen atoms in total. The number of imidazole rings is 1. The monoisotopic (exact) mass is 715 g/mol. The SMILES string of the molecule is CCC(C)OC(=O)[C@H](C)NP(=O)(N[C@@H](C)C(=O)O)OC[C@H]1O[C@@H](n2c(I)nc3c(OC)nc(N)nc32)[C@](C)(O)[C@@H]1O. The van der Waals surface area contributed by atoms with Crippen LogP contribution in [0.15, 0.2) is 0 Å². The summed E-state index contributed by atoms with van der Waals surface area (Å²) in [5, 5.41) is 36.5. The van der Waals surface area contributed by atoms with Crippen molar-refractivity contribution in [1.82, 2.24) is 29.7 Å². The number of hydrogen-bond donors (Lipinski definition) is 6. The van der Waals surface area contributed by atoms with Crippen molar-refractivity contribution in [3.05, 3.63) is 3.83 Å². The van der Waals surface area contributed by atoms with Crippen LogP contribution in [0.5, 0.6) is 5.88 Å². The van der Waals surface area contributed by atoms with Gasteiger partial charge in [-0.05, 0) is 34.1 Å². The Morgan fingerprint density at radius 1 is 1.24 bits per heavy atom. The van der Waals surface area contributed by atoms with E-state index in [-0.39, 0.29) is 23.0 Å². The third-order valence-corrected chi connectivity index (χ3v) is 9.16. The van der Waals surface area contributed by atoms with Gasteiger partial charge in [-0.2, -0.15) is 9.97 Å². The number of nitrogen functional groups attached to an aromatic ring is 1. The molecule has 41 heavy (non-hydrogen) atoms. The summed E-state index contributed by atoms with van der Waals surface area (Å²) in [6.07, 6.45) is -3.98. The Morgan fingerprint density at radius 2 is 1.88 bits per heavy atom. The number of methoxy groups -OCH3 is 1. The van der Waals surface area contributed by atoms with Crippen LogP contribution < -0.4 is 20.6 Å². The summed E-state index contributed by atoms with van der Waals surface area (Å²) < 4.78 is 37.4. The minimum absolute atomic E-state index is 0.0915. The number of aliphatic hydroxyl groups is 2. The molecule has 1 aliphatic rings. The van der Waals surface area contributed by atoms with E-state index in [0.29, 0.717) is 10.3 Å². The Morgan fingerprint density at radius 3 is 2.46 bits per heavy atom. The summed E-state index contributed by atoms with van der Waals surface area (Å²) in [5.74, 6) is -2.10. The van der Waals surface area contributed by atoms with Crippen molar-refractivity contribution in [3.8, 4) is 5.88 Å². The lowest BCUT2D eigenvalue weighted by Gasteiger charge is -2.28. The first-order valence-electron chi connectivity index (χ1n) is 12.6. The van der Waals surface area contributed by atoms with Crippen LogP contribution in [0.1, 0.15) is 47.3 Å². The van der Waals surface area contributed by atoms with Crippen LogP contribution in [0.4, 0.5) is 5.95 Å². The average molecular weight is 715 g/mol. The van der Waals surface area contributed by atoms with Crippen molar-refractivity contribution in [2.75, 3.05) is 19.5 Å². The zero-order chi connectivity index (χ0) is 30.9. The quantitative estimate of drug-likeness (QED) is 0.0718. The first kappa shape index (κ1) is 33.3. The molecule has 3 rings (SSSR count). The normalized spacial score (nSPS) is 26.3. The molecule has 2 unspecified atom stereocenters. The minimum Gasteiger partial charge on any atom is -0.480 e. The van der Waals surface area contributed by atoms with Crippen molar-refractivity contribution in [2.45, 2.75) is 83.3 Å². The highest BCUT2D eigenvalue weighted by Gasteiger charge is 2.54. The van der Waals surface area contributed by atoms with E-state index >= 15 is 0 Å². The van der Waals surface area contributed by atoms with Crippen molar-refractivity contribution in [2.24, 2.45) is 0 Å². The molecule has 2 aromatic rings. The van der Waals surface area contributed by atoms with Gasteiger partial charge in [0.25, 0.3) is 0 Å². The fourth-order valence-electron chi connectivity index (χ4n) is 3.93. The highest BCUT2D eigenvalue weighted by Crippen LogP contribution is 2.44. The average Bonchev–Trinajstić information content (AvgIpc) is 3.33. The molecule has 0 bridgehead atoms. The van der Waals surface area contributed by atoms with E-state index < -0.39 is 68.4 Å². The Hall–Kier alpha value is -2.19. The van der Waals surface area contributed by atoms with Crippen molar-refractivity contribution in [1.29, 1.82) is 0 Å². The van der Waals surface area contributed by atoms with E-state index in [1.54, 1.807) is 6.92 Å². The Bertz CT molecular complexity index is 1330. The van der Waals surface area contributed by atoms with Gasteiger partial charge in [0.1, 0.15) is 29.9 Å². The van der Waals surface area contributed by atoms with Gasteiger partial charge >= 0.3 is 19.6 Å². The number of aliphatic hydroxyl groups excluding tert-OH is 1. The molecule has 3 heterocycles. The maximum atomic E-state index is 13.7. The van der Waals surface area contributed by atoms with Gasteiger partial charge in [0.2, 0.25) is 11.8 Å². The van der Waals surface area contributed by atoms with Gasteiger partial charge in [-0.25, -0.2) is 15.2 Å². The molecule has 1 fully saturated rings. The highest BCUT2D eigenvalue weighted by atomic mass is 127. The second-order valence-corrected chi connectivity index (χ2v) is 12.6. The number of carboxylic acids is 1. The third kappa shape index (κ3) is 7.24. The van der Waals surface area contributed by atoms with Gasteiger partial charge in [0.15, 0.2) is 21.2 Å². The molecule has 0 spiro atoms. The van der Waals surface area contributed by atoms with Crippen LogP contribution in [-0.4, -0.2) is 96.5 Å². The molecule has 1 aliphatic heterocycles. The molecule has 230 valence electrons. The second-order valence-electron chi connectivity index (χ2n) is 9.75. The number of fused-ring (bicyclic) bond motifs is 1. The van der Waals surface area contributed by atoms with Gasteiger partial charge in [-0.1, -0.05) is 6.92 Å². The molecule has 2 aromatic heterocycles. The van der Waals surface area contributed by atoms with Gasteiger partial charge in [0.05, 0.1) is 19.8 Å². The van der Waals surface area contributed by atoms with Crippen molar-refractivity contribution in [3.63, 3.8) is 0 Å². The first-order valence-corrected chi connectivity index (χ1v) is 15.3. The molecule has 0 saturated carbocycles. The van der Waals surface area contributed by atoms with Gasteiger partial charge < -0.3 is 39.8 Å². The molecule has 0 radical (unpaired) electrons. The van der Waals surface area contributed by atoms with Crippen molar-refractivity contribution < 1.29 is 48.2 Å². The lowest BCUT2D eigenvalue weighted by Crippen LogP contribution is -2.45. The van der Waals surface area contributed by atoms with E-state index in [2.05, 4.69) is 25.1 Å². The van der Waals surface area contributed by atoms with Gasteiger partial charge in [0, 0.05) is 22.6 Å². The maximum absolute atomic E-state index is 13.7. The number of halogens is 1. The van der Waals surface area contributed by atoms with E-state index in [9.17, 15) is 29.5 Å². The molecule has 7 N–H and O–H groups in total. The number of carbonyl (C=O) groups is 2. The zero-order valence-corrected chi connectivity index (χ0v) is 26.3. The van der Waals surface area contributed by atoms with Crippen LogP contribution in [0.2, 0.25) is 0 Å². The molecular formula is C22H35IN7O10P. The van der Waals surface area contributed by atoms with Gasteiger partial charge in [-0.15, -0.1) is 0 Å². The van der Waals surface area contributed by atoms with E-state index in [0.717, 1.165) is 0 Å². The fraction of sp³-hybridized carbons (Fsp3) is 0.682. The molecule has 0 aliphatic carbocycles. The van der Waals surface area contributed by atoms with Crippen LogP contribution in [0.3, 0.4) is 0 Å².